The van der Waals surface area contributed by atoms with Crippen molar-refractivity contribution in [2.75, 3.05) is 26.9 Å². The lowest BCUT2D eigenvalue weighted by Gasteiger charge is -2.18. The Morgan fingerprint density at radius 3 is 2.29 bits per heavy atom. The summed E-state index contributed by atoms with van der Waals surface area (Å²) in [4.78, 5) is 4.81. The van der Waals surface area contributed by atoms with Crippen LogP contribution in [0.25, 0.3) is 0 Å². The summed E-state index contributed by atoms with van der Waals surface area (Å²) >= 11 is 0. The van der Waals surface area contributed by atoms with Crippen LogP contribution in [0.2, 0.25) is 0 Å². The molecular formula is C26H35NO4. The SMILES string of the molecule is C/C=C/COc1cc(C)c(OCC(C)CCOc2ccc(C(C)=NOC)cc2)c(C)c1. The van der Waals surface area contributed by atoms with E-state index < -0.39 is 0 Å². The Hall–Kier alpha value is -2.95. The number of allylic oxidation sites excluding steroid dienone is 1. The third-order valence-corrected chi connectivity index (χ3v) is 4.91. The highest BCUT2D eigenvalue weighted by Gasteiger charge is 2.10. The van der Waals surface area contributed by atoms with Crippen LogP contribution >= 0.6 is 0 Å². The van der Waals surface area contributed by atoms with Gasteiger partial charge in [0.15, 0.2) is 0 Å². The molecule has 0 aliphatic rings. The minimum atomic E-state index is 0.375. The lowest BCUT2D eigenvalue weighted by Crippen LogP contribution is -2.13. The van der Waals surface area contributed by atoms with Gasteiger partial charge in [-0.15, -0.1) is 0 Å². The highest BCUT2D eigenvalue weighted by Crippen LogP contribution is 2.29. The predicted molar refractivity (Wildman–Crippen MR) is 127 cm³/mol. The maximum Gasteiger partial charge on any atom is 0.125 e. The molecule has 0 radical (unpaired) electrons. The first kappa shape index (κ1) is 24.3. The van der Waals surface area contributed by atoms with Crippen LogP contribution in [0.5, 0.6) is 17.2 Å². The number of hydrogen-bond acceptors (Lipinski definition) is 5. The van der Waals surface area contributed by atoms with Crippen LogP contribution in [0, 0.1) is 19.8 Å². The van der Waals surface area contributed by atoms with Crippen molar-refractivity contribution in [3.8, 4) is 17.2 Å². The van der Waals surface area contributed by atoms with E-state index in [1.165, 1.54) is 0 Å². The Morgan fingerprint density at radius 2 is 1.68 bits per heavy atom. The molecule has 0 amide bonds. The lowest BCUT2D eigenvalue weighted by atomic mass is 10.1. The quantitative estimate of drug-likeness (QED) is 0.234. The summed E-state index contributed by atoms with van der Waals surface area (Å²) in [7, 11) is 1.55. The van der Waals surface area contributed by atoms with Gasteiger partial charge >= 0.3 is 0 Å². The summed E-state index contributed by atoms with van der Waals surface area (Å²) in [6, 6.07) is 11.9. The van der Waals surface area contributed by atoms with E-state index >= 15 is 0 Å². The molecule has 5 nitrogen and oxygen atoms in total. The molecule has 0 aliphatic heterocycles. The van der Waals surface area contributed by atoms with E-state index in [9.17, 15) is 0 Å². The molecule has 0 heterocycles. The predicted octanol–water partition coefficient (Wildman–Crippen LogP) is 6.11. The van der Waals surface area contributed by atoms with Gasteiger partial charge in [-0.05, 0) is 93.1 Å². The average Bonchev–Trinajstić information content (AvgIpc) is 2.74. The molecule has 31 heavy (non-hydrogen) atoms. The molecule has 168 valence electrons. The van der Waals surface area contributed by atoms with Gasteiger partial charge in [0.05, 0.1) is 18.9 Å². The molecule has 0 N–H and O–H groups in total. The van der Waals surface area contributed by atoms with Crippen LogP contribution in [0.1, 0.15) is 43.9 Å². The van der Waals surface area contributed by atoms with E-state index in [1.807, 2.05) is 62.4 Å². The van der Waals surface area contributed by atoms with Gasteiger partial charge in [0, 0.05) is 0 Å². The molecule has 0 saturated carbocycles. The van der Waals surface area contributed by atoms with Crippen LogP contribution < -0.4 is 14.2 Å². The van der Waals surface area contributed by atoms with Crippen molar-refractivity contribution in [3.05, 3.63) is 65.2 Å². The number of aryl methyl sites for hydroxylation is 2. The van der Waals surface area contributed by atoms with E-state index in [0.717, 1.165) is 46.1 Å². The third kappa shape index (κ3) is 8.00. The second-order valence-corrected chi connectivity index (χ2v) is 7.70. The van der Waals surface area contributed by atoms with Gasteiger partial charge in [-0.25, -0.2) is 0 Å². The molecule has 0 fully saturated rings. The molecule has 2 aromatic rings. The van der Waals surface area contributed by atoms with Crippen LogP contribution in [0.15, 0.2) is 53.7 Å². The number of rotatable bonds is 12. The molecular weight excluding hydrogens is 390 g/mol. The van der Waals surface area contributed by atoms with E-state index in [2.05, 4.69) is 25.9 Å². The fourth-order valence-electron chi connectivity index (χ4n) is 3.13. The Morgan fingerprint density at radius 1 is 1.00 bits per heavy atom. The molecule has 0 saturated heterocycles. The molecule has 2 aromatic carbocycles. The smallest absolute Gasteiger partial charge is 0.125 e. The first-order chi connectivity index (χ1) is 14.9. The maximum atomic E-state index is 6.13. The van der Waals surface area contributed by atoms with Crippen molar-refractivity contribution >= 4 is 5.71 Å². The summed E-state index contributed by atoms with van der Waals surface area (Å²) in [6.07, 6.45) is 4.88. The zero-order chi connectivity index (χ0) is 22.6. The first-order valence-corrected chi connectivity index (χ1v) is 10.7. The molecule has 0 bridgehead atoms. The largest absolute Gasteiger partial charge is 0.494 e. The van der Waals surface area contributed by atoms with Gasteiger partial charge in [0.25, 0.3) is 0 Å². The Bertz CT molecular complexity index is 848. The molecule has 2 rings (SSSR count). The van der Waals surface area contributed by atoms with Crippen molar-refractivity contribution in [2.45, 2.75) is 41.0 Å². The van der Waals surface area contributed by atoms with Crippen molar-refractivity contribution < 1.29 is 19.0 Å². The first-order valence-electron chi connectivity index (χ1n) is 10.7. The summed E-state index contributed by atoms with van der Waals surface area (Å²) in [5, 5.41) is 3.94. The summed E-state index contributed by atoms with van der Waals surface area (Å²) in [5.41, 5.74) is 4.03. The molecule has 0 aromatic heterocycles. The number of nitrogens with zero attached hydrogens (tertiary/aromatic N) is 1. The normalized spacial score (nSPS) is 12.6. The molecule has 0 spiro atoms. The van der Waals surface area contributed by atoms with Gasteiger partial charge < -0.3 is 19.0 Å². The van der Waals surface area contributed by atoms with Crippen molar-refractivity contribution in [1.82, 2.24) is 0 Å². The summed E-state index contributed by atoms with van der Waals surface area (Å²) in [5.74, 6) is 3.04. The molecule has 0 aliphatic carbocycles. The second-order valence-electron chi connectivity index (χ2n) is 7.70. The van der Waals surface area contributed by atoms with Crippen molar-refractivity contribution in [3.63, 3.8) is 0 Å². The van der Waals surface area contributed by atoms with Crippen LogP contribution in [-0.4, -0.2) is 32.6 Å². The number of hydrogen-bond donors (Lipinski definition) is 0. The van der Waals surface area contributed by atoms with Crippen LogP contribution in [-0.2, 0) is 4.84 Å². The number of benzene rings is 2. The Balaban J connectivity index is 1.79. The van der Waals surface area contributed by atoms with Gasteiger partial charge in [-0.3, -0.25) is 0 Å². The fraction of sp³-hybridized carbons (Fsp3) is 0.423. The standard InChI is InChI=1S/C26H35NO4/c1-7-8-14-29-25-16-20(3)26(21(4)17-25)31-18-19(2)13-15-30-24-11-9-23(10-12-24)22(5)27-28-6/h7-12,16-17,19H,13-15,18H2,1-6H3/b8-7+,27-22?. The zero-order valence-electron chi connectivity index (χ0n) is 19.6. The maximum absolute atomic E-state index is 6.13. The monoisotopic (exact) mass is 425 g/mol. The highest BCUT2D eigenvalue weighted by molar-refractivity contribution is 5.98. The topological polar surface area (TPSA) is 49.3 Å². The Kier molecular flexibility index (Phi) is 9.95. The van der Waals surface area contributed by atoms with Gasteiger partial charge in [0.2, 0.25) is 0 Å². The van der Waals surface area contributed by atoms with Gasteiger partial charge in [-0.2, -0.15) is 0 Å². The molecule has 5 heteroatoms. The second kappa shape index (κ2) is 12.7. The molecule has 1 unspecified atom stereocenters. The van der Waals surface area contributed by atoms with Gasteiger partial charge in [0.1, 0.15) is 31.0 Å². The summed E-state index contributed by atoms with van der Waals surface area (Å²) in [6.45, 7) is 12.1. The summed E-state index contributed by atoms with van der Waals surface area (Å²) < 4.78 is 17.8. The minimum Gasteiger partial charge on any atom is -0.494 e. The fourth-order valence-corrected chi connectivity index (χ4v) is 3.13. The third-order valence-electron chi connectivity index (χ3n) is 4.91. The Labute approximate surface area is 186 Å². The highest BCUT2D eigenvalue weighted by atomic mass is 16.6. The van der Waals surface area contributed by atoms with Crippen molar-refractivity contribution in [2.24, 2.45) is 11.1 Å². The van der Waals surface area contributed by atoms with Crippen molar-refractivity contribution in [1.29, 1.82) is 0 Å². The van der Waals surface area contributed by atoms with E-state index in [1.54, 1.807) is 7.11 Å². The van der Waals surface area contributed by atoms with Gasteiger partial charge in [-0.1, -0.05) is 24.2 Å². The zero-order valence-corrected chi connectivity index (χ0v) is 19.6. The lowest BCUT2D eigenvalue weighted by molar-refractivity contribution is 0.213. The van der Waals surface area contributed by atoms with E-state index in [0.29, 0.717) is 25.7 Å². The minimum absolute atomic E-state index is 0.375. The van der Waals surface area contributed by atoms with E-state index in [-0.39, 0.29) is 0 Å². The molecule has 1 atom stereocenters. The number of oxime groups is 1. The number of ether oxygens (including phenoxy) is 3. The van der Waals surface area contributed by atoms with Crippen LogP contribution in [0.4, 0.5) is 0 Å². The van der Waals surface area contributed by atoms with Crippen LogP contribution in [0.3, 0.4) is 0 Å². The average molecular weight is 426 g/mol. The van der Waals surface area contributed by atoms with E-state index in [4.69, 9.17) is 19.0 Å².